The number of hydrogen-bond acceptors (Lipinski definition) is 8. The molecule has 5 rings (SSSR count). The number of amides is 1. The second-order valence-electron chi connectivity index (χ2n) is 8.48. The second-order valence-corrected chi connectivity index (χ2v) is 8.48. The van der Waals surface area contributed by atoms with Crippen molar-refractivity contribution in [1.82, 2.24) is 15.4 Å². The fraction of sp³-hybridized carbons (Fsp3) is 0.0741. The standard InChI is InChI=1S/C27H22N6O5/c1-15-10-22(20-4-3-5-25(38-2)26(20)29-15)30-18-7-9-21-17(11-18)12-23(31-21)27(35)32-28-14-16-6-8-19(33(36)37)13-24(16)34/h3-14,31,34H,1-2H3,(H,29,30)(H,32,35)/b28-14+. The number of nitro benzene ring substituents is 1. The molecule has 11 nitrogen and oxygen atoms in total. The van der Waals surface area contributed by atoms with Gasteiger partial charge in [-0.2, -0.15) is 5.10 Å². The van der Waals surface area contributed by atoms with E-state index in [-0.39, 0.29) is 22.7 Å². The van der Waals surface area contributed by atoms with Crippen LogP contribution in [0.1, 0.15) is 21.7 Å². The highest BCUT2D eigenvalue weighted by Gasteiger charge is 2.12. The molecule has 0 aliphatic carbocycles. The predicted octanol–water partition coefficient (Wildman–Crippen LogP) is 5.15. The molecule has 0 aliphatic rings. The Morgan fingerprint density at radius 3 is 2.76 bits per heavy atom. The number of fused-ring (bicyclic) bond motifs is 2. The number of pyridine rings is 1. The molecule has 0 saturated carbocycles. The van der Waals surface area contributed by atoms with Crippen LogP contribution < -0.4 is 15.5 Å². The number of hydrazone groups is 1. The number of aryl methyl sites for hydroxylation is 1. The lowest BCUT2D eigenvalue weighted by atomic mass is 10.1. The van der Waals surface area contributed by atoms with Crippen LogP contribution in [0.2, 0.25) is 0 Å². The molecule has 0 fully saturated rings. The first-order valence-electron chi connectivity index (χ1n) is 11.5. The smallest absolute Gasteiger partial charge is 0.287 e. The van der Waals surface area contributed by atoms with Gasteiger partial charge in [-0.3, -0.25) is 14.9 Å². The van der Waals surface area contributed by atoms with Crippen molar-refractivity contribution in [3.63, 3.8) is 0 Å². The number of carbonyl (C=O) groups excluding carboxylic acids is 1. The zero-order valence-electron chi connectivity index (χ0n) is 20.4. The van der Waals surface area contributed by atoms with Crippen LogP contribution in [0.3, 0.4) is 0 Å². The number of rotatable bonds is 7. The number of phenolic OH excluding ortho intramolecular Hbond substituents is 1. The largest absolute Gasteiger partial charge is 0.507 e. The van der Waals surface area contributed by atoms with Crippen molar-refractivity contribution in [3.8, 4) is 11.5 Å². The number of aromatic hydroxyl groups is 1. The van der Waals surface area contributed by atoms with E-state index in [1.165, 1.54) is 18.3 Å². The highest BCUT2D eigenvalue weighted by atomic mass is 16.6. The van der Waals surface area contributed by atoms with Crippen LogP contribution in [0.15, 0.2) is 71.8 Å². The minimum absolute atomic E-state index is 0.222. The molecule has 2 heterocycles. The molecule has 0 atom stereocenters. The van der Waals surface area contributed by atoms with Gasteiger partial charge < -0.3 is 20.1 Å². The summed E-state index contributed by atoms with van der Waals surface area (Å²) in [7, 11) is 1.62. The fourth-order valence-corrected chi connectivity index (χ4v) is 4.08. The third-order valence-corrected chi connectivity index (χ3v) is 5.89. The van der Waals surface area contributed by atoms with Crippen molar-refractivity contribution in [1.29, 1.82) is 0 Å². The van der Waals surface area contributed by atoms with E-state index in [4.69, 9.17) is 4.74 Å². The van der Waals surface area contributed by atoms with Crippen molar-refractivity contribution in [3.05, 3.63) is 93.8 Å². The van der Waals surface area contributed by atoms with E-state index in [2.05, 4.69) is 25.8 Å². The van der Waals surface area contributed by atoms with E-state index in [1.54, 1.807) is 13.2 Å². The molecular formula is C27H22N6O5. The molecular weight excluding hydrogens is 488 g/mol. The summed E-state index contributed by atoms with van der Waals surface area (Å²) in [5.74, 6) is -0.118. The van der Waals surface area contributed by atoms with Gasteiger partial charge in [-0.15, -0.1) is 0 Å². The lowest BCUT2D eigenvalue weighted by Gasteiger charge is -2.13. The highest BCUT2D eigenvalue weighted by Crippen LogP contribution is 2.32. The van der Waals surface area contributed by atoms with Gasteiger partial charge in [0.2, 0.25) is 0 Å². The summed E-state index contributed by atoms with van der Waals surface area (Å²) in [5.41, 5.74) is 6.72. The Balaban J connectivity index is 1.34. The number of nitrogens with zero attached hydrogens (tertiary/aromatic N) is 3. The molecule has 0 saturated heterocycles. The normalized spacial score (nSPS) is 11.2. The van der Waals surface area contributed by atoms with E-state index in [9.17, 15) is 20.0 Å². The molecule has 1 amide bonds. The van der Waals surface area contributed by atoms with Crippen LogP contribution in [0.4, 0.5) is 17.1 Å². The van der Waals surface area contributed by atoms with Crippen molar-refractivity contribution in [2.24, 2.45) is 5.10 Å². The van der Waals surface area contributed by atoms with E-state index >= 15 is 0 Å². The maximum atomic E-state index is 12.6. The number of anilines is 2. The van der Waals surface area contributed by atoms with Crippen LogP contribution >= 0.6 is 0 Å². The number of carbonyl (C=O) groups is 1. The molecule has 0 radical (unpaired) electrons. The predicted molar refractivity (Wildman–Crippen MR) is 144 cm³/mol. The number of nitro groups is 1. The van der Waals surface area contributed by atoms with Crippen LogP contribution in [0.25, 0.3) is 21.8 Å². The van der Waals surface area contributed by atoms with Crippen LogP contribution in [0.5, 0.6) is 11.5 Å². The van der Waals surface area contributed by atoms with Gasteiger partial charge in [0.15, 0.2) is 0 Å². The topological polar surface area (TPSA) is 155 Å². The zero-order valence-corrected chi connectivity index (χ0v) is 20.4. The number of aromatic nitrogens is 2. The summed E-state index contributed by atoms with van der Waals surface area (Å²) in [6.07, 6.45) is 1.21. The Bertz CT molecular complexity index is 1740. The molecule has 2 aromatic heterocycles. The summed E-state index contributed by atoms with van der Waals surface area (Å²) in [6.45, 7) is 1.92. The molecule has 11 heteroatoms. The van der Waals surface area contributed by atoms with Crippen LogP contribution in [-0.2, 0) is 0 Å². The third kappa shape index (κ3) is 4.80. The molecule has 5 aromatic rings. The Labute approximate surface area is 215 Å². The number of ether oxygens (including phenoxy) is 1. The van der Waals surface area contributed by atoms with Gasteiger partial charge >= 0.3 is 0 Å². The number of H-pyrrole nitrogens is 1. The minimum atomic E-state index is -0.614. The first-order valence-corrected chi connectivity index (χ1v) is 11.5. The van der Waals surface area contributed by atoms with Gasteiger partial charge in [0, 0.05) is 45.0 Å². The monoisotopic (exact) mass is 510 g/mol. The first-order chi connectivity index (χ1) is 18.3. The number of aromatic amines is 1. The molecule has 0 bridgehead atoms. The zero-order chi connectivity index (χ0) is 26.8. The van der Waals surface area contributed by atoms with Gasteiger partial charge in [-0.05, 0) is 49.4 Å². The number of nitrogens with one attached hydrogen (secondary N) is 3. The van der Waals surface area contributed by atoms with Crippen molar-refractivity contribution in [2.75, 3.05) is 12.4 Å². The number of para-hydroxylation sites is 1. The summed E-state index contributed by atoms with van der Waals surface area (Å²) >= 11 is 0. The highest BCUT2D eigenvalue weighted by molar-refractivity contribution is 6.00. The molecule has 0 aliphatic heterocycles. The van der Waals surface area contributed by atoms with Crippen molar-refractivity contribution in [2.45, 2.75) is 6.92 Å². The minimum Gasteiger partial charge on any atom is -0.507 e. The van der Waals surface area contributed by atoms with Crippen LogP contribution in [0, 0.1) is 17.0 Å². The number of hydrogen-bond donors (Lipinski definition) is 4. The average molecular weight is 511 g/mol. The van der Waals surface area contributed by atoms with Gasteiger partial charge in [-0.1, -0.05) is 12.1 Å². The molecule has 0 spiro atoms. The van der Waals surface area contributed by atoms with E-state index in [0.717, 1.165) is 44.9 Å². The first kappa shape index (κ1) is 24.3. The number of methoxy groups -OCH3 is 1. The van der Waals surface area contributed by atoms with Crippen LogP contribution in [-0.4, -0.2) is 39.2 Å². The Hall–Kier alpha value is -5.45. The van der Waals surface area contributed by atoms with Crippen molar-refractivity contribution < 1.29 is 19.6 Å². The quantitative estimate of drug-likeness (QED) is 0.134. The number of non-ortho nitro benzene ring substituents is 1. The Morgan fingerprint density at radius 1 is 1.16 bits per heavy atom. The molecule has 38 heavy (non-hydrogen) atoms. The molecule has 190 valence electrons. The molecule has 3 aromatic carbocycles. The fourth-order valence-electron chi connectivity index (χ4n) is 4.08. The van der Waals surface area contributed by atoms with E-state index < -0.39 is 10.8 Å². The number of phenols is 1. The summed E-state index contributed by atoms with van der Waals surface area (Å²) in [4.78, 5) is 30.5. The maximum Gasteiger partial charge on any atom is 0.287 e. The van der Waals surface area contributed by atoms with Gasteiger partial charge in [-0.25, -0.2) is 10.4 Å². The summed E-state index contributed by atoms with van der Waals surface area (Å²) in [5, 5.41) is 29.7. The van der Waals surface area contributed by atoms with E-state index in [0.29, 0.717) is 5.75 Å². The third-order valence-electron chi connectivity index (χ3n) is 5.89. The average Bonchev–Trinajstić information content (AvgIpc) is 3.32. The summed E-state index contributed by atoms with van der Waals surface area (Å²) in [6, 6.07) is 18.7. The van der Waals surface area contributed by atoms with Gasteiger partial charge in [0.25, 0.3) is 11.6 Å². The lowest BCUT2D eigenvalue weighted by molar-refractivity contribution is -0.384. The molecule has 0 unspecified atom stereocenters. The molecule has 4 N–H and O–H groups in total. The van der Waals surface area contributed by atoms with Gasteiger partial charge in [0.1, 0.15) is 22.7 Å². The Kier molecular flexibility index (Phi) is 6.32. The Morgan fingerprint density at radius 2 is 2.00 bits per heavy atom. The van der Waals surface area contributed by atoms with E-state index in [1.807, 2.05) is 49.4 Å². The maximum absolute atomic E-state index is 12.6. The van der Waals surface area contributed by atoms with Crippen molar-refractivity contribution >= 4 is 51.0 Å². The summed E-state index contributed by atoms with van der Waals surface area (Å²) < 4.78 is 5.46. The second kappa shape index (κ2) is 9.90. The van der Waals surface area contributed by atoms with Gasteiger partial charge in [0.05, 0.1) is 24.3 Å². The number of benzene rings is 3. The SMILES string of the molecule is COc1cccc2c(Nc3ccc4[nH]c(C(=O)N/N=C/c5ccc([N+](=O)[O-])cc5O)cc4c3)cc(C)nc12. The lowest BCUT2D eigenvalue weighted by Crippen LogP contribution is -2.17.